The molecule has 0 fully saturated rings. The van der Waals surface area contributed by atoms with E-state index >= 15 is 0 Å². The summed E-state index contributed by atoms with van der Waals surface area (Å²) in [5.41, 5.74) is 0.401. The van der Waals surface area contributed by atoms with Crippen LogP contribution in [0.2, 0.25) is 0 Å². The Bertz CT molecular complexity index is 529. The van der Waals surface area contributed by atoms with Crippen LogP contribution >= 0.6 is 0 Å². The SMILES string of the molecule is COc1ccc(NS(=O)(=O)CCNC(C)C)c(OC)c1. The van der Waals surface area contributed by atoms with E-state index in [2.05, 4.69) is 10.0 Å². The van der Waals surface area contributed by atoms with Crippen LogP contribution in [0.1, 0.15) is 13.8 Å². The first-order valence-corrected chi connectivity index (χ1v) is 7.99. The van der Waals surface area contributed by atoms with Crippen LogP contribution in [0.15, 0.2) is 18.2 Å². The van der Waals surface area contributed by atoms with E-state index in [1.54, 1.807) is 18.2 Å². The molecule has 0 radical (unpaired) electrons. The lowest BCUT2D eigenvalue weighted by atomic mass is 10.3. The van der Waals surface area contributed by atoms with Crippen molar-refractivity contribution in [1.82, 2.24) is 5.32 Å². The van der Waals surface area contributed by atoms with E-state index in [0.29, 0.717) is 23.7 Å². The molecule has 0 unspecified atom stereocenters. The highest BCUT2D eigenvalue weighted by atomic mass is 32.2. The quantitative estimate of drug-likeness (QED) is 0.760. The molecule has 1 aromatic rings. The first-order valence-electron chi connectivity index (χ1n) is 6.34. The van der Waals surface area contributed by atoms with Gasteiger partial charge in [-0.25, -0.2) is 8.42 Å². The lowest BCUT2D eigenvalue weighted by Crippen LogP contribution is -2.31. The van der Waals surface area contributed by atoms with Gasteiger partial charge >= 0.3 is 0 Å². The molecular formula is C13H22N2O4S. The van der Waals surface area contributed by atoms with Crippen molar-refractivity contribution in [2.45, 2.75) is 19.9 Å². The molecule has 20 heavy (non-hydrogen) atoms. The first kappa shape index (κ1) is 16.6. The molecule has 0 aliphatic carbocycles. The van der Waals surface area contributed by atoms with E-state index in [0.717, 1.165) is 0 Å². The van der Waals surface area contributed by atoms with Gasteiger partial charge in [-0.05, 0) is 12.1 Å². The van der Waals surface area contributed by atoms with Gasteiger partial charge in [-0.1, -0.05) is 13.8 Å². The summed E-state index contributed by atoms with van der Waals surface area (Å²) in [6, 6.07) is 5.17. The molecule has 0 saturated heterocycles. The Hall–Kier alpha value is -1.47. The Balaban J connectivity index is 2.76. The van der Waals surface area contributed by atoms with Crippen LogP contribution in [0.3, 0.4) is 0 Å². The summed E-state index contributed by atoms with van der Waals surface area (Å²) in [5, 5.41) is 3.06. The van der Waals surface area contributed by atoms with E-state index in [4.69, 9.17) is 9.47 Å². The summed E-state index contributed by atoms with van der Waals surface area (Å²) in [4.78, 5) is 0. The van der Waals surface area contributed by atoms with Crippen molar-refractivity contribution >= 4 is 15.7 Å². The molecule has 6 nitrogen and oxygen atoms in total. The number of anilines is 1. The fourth-order valence-corrected chi connectivity index (χ4v) is 2.58. The van der Waals surface area contributed by atoms with Gasteiger partial charge < -0.3 is 14.8 Å². The highest BCUT2D eigenvalue weighted by molar-refractivity contribution is 7.92. The number of hydrogen-bond acceptors (Lipinski definition) is 5. The molecule has 0 amide bonds. The molecule has 0 aromatic heterocycles. The van der Waals surface area contributed by atoms with Gasteiger partial charge in [0, 0.05) is 18.7 Å². The van der Waals surface area contributed by atoms with Gasteiger partial charge in [0.1, 0.15) is 11.5 Å². The Morgan fingerprint density at radius 1 is 1.20 bits per heavy atom. The lowest BCUT2D eigenvalue weighted by molar-refractivity contribution is 0.395. The molecule has 2 N–H and O–H groups in total. The van der Waals surface area contributed by atoms with Gasteiger partial charge in [0.05, 0.1) is 25.7 Å². The molecule has 0 bridgehead atoms. The second-order valence-electron chi connectivity index (χ2n) is 4.60. The molecule has 0 atom stereocenters. The van der Waals surface area contributed by atoms with E-state index in [1.165, 1.54) is 14.2 Å². The Labute approximate surface area is 120 Å². The minimum Gasteiger partial charge on any atom is -0.497 e. The van der Waals surface area contributed by atoms with Crippen LogP contribution < -0.4 is 19.5 Å². The second-order valence-corrected chi connectivity index (χ2v) is 6.44. The first-order chi connectivity index (χ1) is 9.38. The van der Waals surface area contributed by atoms with E-state index in [1.807, 2.05) is 13.8 Å². The van der Waals surface area contributed by atoms with Crippen LogP contribution in [0.4, 0.5) is 5.69 Å². The van der Waals surface area contributed by atoms with Crippen molar-refractivity contribution in [3.63, 3.8) is 0 Å². The monoisotopic (exact) mass is 302 g/mol. The third-order valence-electron chi connectivity index (χ3n) is 2.60. The average Bonchev–Trinajstić information content (AvgIpc) is 2.38. The third kappa shape index (κ3) is 5.26. The zero-order valence-electron chi connectivity index (χ0n) is 12.3. The van der Waals surface area contributed by atoms with E-state index < -0.39 is 10.0 Å². The molecular weight excluding hydrogens is 280 g/mol. The number of rotatable bonds is 8. The van der Waals surface area contributed by atoms with E-state index in [-0.39, 0.29) is 11.8 Å². The average molecular weight is 302 g/mol. The number of ether oxygens (including phenoxy) is 2. The van der Waals surface area contributed by atoms with Gasteiger partial charge in [-0.3, -0.25) is 4.72 Å². The Morgan fingerprint density at radius 3 is 2.45 bits per heavy atom. The normalized spacial score (nSPS) is 11.4. The van der Waals surface area contributed by atoms with Crippen LogP contribution in [0, 0.1) is 0 Å². The number of nitrogens with one attached hydrogen (secondary N) is 2. The van der Waals surface area contributed by atoms with Gasteiger partial charge in [0.2, 0.25) is 10.0 Å². The fraction of sp³-hybridized carbons (Fsp3) is 0.538. The fourth-order valence-electron chi connectivity index (χ4n) is 1.58. The smallest absolute Gasteiger partial charge is 0.234 e. The summed E-state index contributed by atoms with van der Waals surface area (Å²) in [7, 11) is -0.399. The summed E-state index contributed by atoms with van der Waals surface area (Å²) < 4.78 is 36.7. The van der Waals surface area contributed by atoms with Crippen LogP contribution in [0.5, 0.6) is 11.5 Å². The maximum Gasteiger partial charge on any atom is 0.234 e. The zero-order valence-corrected chi connectivity index (χ0v) is 13.1. The standard InChI is InChI=1S/C13H22N2O4S/c1-10(2)14-7-8-20(16,17)15-12-6-5-11(18-3)9-13(12)19-4/h5-6,9-10,14-15H,7-8H2,1-4H3. The molecule has 0 aliphatic heterocycles. The Morgan fingerprint density at radius 2 is 1.90 bits per heavy atom. The van der Waals surface area contributed by atoms with Crippen molar-refractivity contribution in [3.05, 3.63) is 18.2 Å². The van der Waals surface area contributed by atoms with Crippen LogP contribution in [-0.4, -0.2) is 41.0 Å². The minimum atomic E-state index is -3.42. The van der Waals surface area contributed by atoms with Crippen molar-refractivity contribution < 1.29 is 17.9 Å². The lowest BCUT2D eigenvalue weighted by Gasteiger charge is -2.13. The minimum absolute atomic E-state index is 0.000361. The zero-order chi connectivity index (χ0) is 15.2. The molecule has 114 valence electrons. The summed E-state index contributed by atoms with van der Waals surface area (Å²) in [5.74, 6) is 1.02. The van der Waals surface area contributed by atoms with Crippen molar-refractivity contribution in [2.75, 3.05) is 31.2 Å². The summed E-state index contributed by atoms with van der Waals surface area (Å²) >= 11 is 0. The van der Waals surface area contributed by atoms with Crippen molar-refractivity contribution in [3.8, 4) is 11.5 Å². The molecule has 0 aliphatic rings. The van der Waals surface area contributed by atoms with Crippen molar-refractivity contribution in [1.29, 1.82) is 0 Å². The molecule has 1 rings (SSSR count). The van der Waals surface area contributed by atoms with Crippen molar-refractivity contribution in [2.24, 2.45) is 0 Å². The molecule has 0 saturated carbocycles. The maximum absolute atomic E-state index is 12.0. The maximum atomic E-state index is 12.0. The number of sulfonamides is 1. The van der Waals surface area contributed by atoms with Gasteiger partial charge in [-0.2, -0.15) is 0 Å². The van der Waals surface area contributed by atoms with Crippen LogP contribution in [-0.2, 0) is 10.0 Å². The van der Waals surface area contributed by atoms with Gasteiger partial charge in [0.15, 0.2) is 0 Å². The largest absolute Gasteiger partial charge is 0.497 e. The van der Waals surface area contributed by atoms with Crippen LogP contribution in [0.25, 0.3) is 0 Å². The molecule has 0 heterocycles. The predicted octanol–water partition coefficient (Wildman–Crippen LogP) is 1.44. The number of benzene rings is 1. The number of hydrogen-bond donors (Lipinski definition) is 2. The predicted molar refractivity (Wildman–Crippen MR) is 80.1 cm³/mol. The second kappa shape index (κ2) is 7.35. The molecule has 1 aromatic carbocycles. The highest BCUT2D eigenvalue weighted by Crippen LogP contribution is 2.29. The van der Waals surface area contributed by atoms with E-state index in [9.17, 15) is 8.42 Å². The topological polar surface area (TPSA) is 76.7 Å². The summed E-state index contributed by atoms with van der Waals surface area (Å²) in [6.45, 7) is 4.32. The van der Waals surface area contributed by atoms with Gasteiger partial charge in [-0.15, -0.1) is 0 Å². The summed E-state index contributed by atoms with van der Waals surface area (Å²) in [6.07, 6.45) is 0. The molecule has 0 spiro atoms. The highest BCUT2D eigenvalue weighted by Gasteiger charge is 2.14. The molecule has 7 heteroatoms. The number of methoxy groups -OCH3 is 2. The Kier molecular flexibility index (Phi) is 6.09. The van der Waals surface area contributed by atoms with Gasteiger partial charge in [0.25, 0.3) is 0 Å². The third-order valence-corrected chi connectivity index (χ3v) is 3.87.